The molecule has 2 aromatic carbocycles. The number of pyridine rings is 1. The third-order valence-corrected chi connectivity index (χ3v) is 4.92. The first kappa shape index (κ1) is 22.1. The second-order valence-electron chi connectivity index (χ2n) is 7.24. The Labute approximate surface area is 180 Å². The van der Waals surface area contributed by atoms with E-state index in [0.717, 1.165) is 46.9 Å². The van der Waals surface area contributed by atoms with Gasteiger partial charge in [0.15, 0.2) is 0 Å². The predicted octanol–water partition coefficient (Wildman–Crippen LogP) is 4.47. The van der Waals surface area contributed by atoms with Crippen LogP contribution in [-0.4, -0.2) is 29.6 Å². The first-order chi connectivity index (χ1) is 15.0. The zero-order valence-electron chi connectivity index (χ0n) is 17.5. The summed E-state index contributed by atoms with van der Waals surface area (Å²) < 4.78 is 13.3. The molecule has 31 heavy (non-hydrogen) atoms. The average molecular weight is 420 g/mol. The van der Waals surface area contributed by atoms with Gasteiger partial charge in [0.25, 0.3) is 5.91 Å². The predicted molar refractivity (Wildman–Crippen MR) is 123 cm³/mol. The fraction of sp³-hybridized carbons (Fsp3) is 0.250. The number of benzene rings is 2. The molecule has 0 aliphatic heterocycles. The Bertz CT molecular complexity index is 1110. The van der Waals surface area contributed by atoms with Crippen molar-refractivity contribution in [3.05, 3.63) is 65.5 Å². The number of rotatable bonds is 8. The van der Waals surface area contributed by atoms with Gasteiger partial charge in [-0.3, -0.25) is 10.2 Å². The number of amidine groups is 1. The van der Waals surface area contributed by atoms with Gasteiger partial charge in [0.05, 0.1) is 17.5 Å². The second kappa shape index (κ2) is 10.4. The van der Waals surface area contributed by atoms with Crippen molar-refractivity contribution in [1.29, 1.82) is 5.41 Å². The molecule has 0 unspecified atom stereocenters. The summed E-state index contributed by atoms with van der Waals surface area (Å²) in [6.45, 7) is 2.55. The average Bonchev–Trinajstić information content (AvgIpc) is 2.77. The van der Waals surface area contributed by atoms with E-state index >= 15 is 0 Å². The molecule has 0 aliphatic rings. The molecule has 0 aliphatic carbocycles. The van der Waals surface area contributed by atoms with E-state index in [9.17, 15) is 9.18 Å². The van der Waals surface area contributed by atoms with Gasteiger partial charge in [0, 0.05) is 29.5 Å². The molecule has 0 bridgehead atoms. The summed E-state index contributed by atoms with van der Waals surface area (Å²) in [6, 6.07) is 13.8. The highest BCUT2D eigenvalue weighted by Gasteiger charge is 2.11. The standard InChI is InChI=1S/C24H26FN5O/c1-2-4-17-13-21(16-6-9-19(25)10-7-16)30-22-14-18(8-11-20(17)22)24(31)28-12-3-5-23(27)29-15-26/h6-11,13-15H,2-5,12H2,1H3,(H,28,31)(H3,26,27,29). The number of hydrogen-bond acceptors (Lipinski definition) is 3. The van der Waals surface area contributed by atoms with E-state index in [2.05, 4.69) is 17.2 Å². The lowest BCUT2D eigenvalue weighted by atomic mass is 9.99. The van der Waals surface area contributed by atoms with E-state index in [1.54, 1.807) is 24.3 Å². The maximum absolute atomic E-state index is 13.3. The van der Waals surface area contributed by atoms with Crippen LogP contribution in [0.25, 0.3) is 22.2 Å². The van der Waals surface area contributed by atoms with Gasteiger partial charge in [0.1, 0.15) is 11.7 Å². The first-order valence-electron chi connectivity index (χ1n) is 10.3. The highest BCUT2D eigenvalue weighted by atomic mass is 19.1. The molecule has 1 aromatic heterocycles. The molecule has 3 aromatic rings. The van der Waals surface area contributed by atoms with Crippen molar-refractivity contribution < 1.29 is 9.18 Å². The van der Waals surface area contributed by atoms with Crippen LogP contribution in [0.4, 0.5) is 4.39 Å². The van der Waals surface area contributed by atoms with Crippen LogP contribution < -0.4 is 11.1 Å². The molecule has 0 radical (unpaired) electrons. The lowest BCUT2D eigenvalue weighted by Crippen LogP contribution is -2.24. The van der Waals surface area contributed by atoms with E-state index in [4.69, 9.17) is 16.1 Å². The van der Waals surface area contributed by atoms with Crippen molar-refractivity contribution in [3.63, 3.8) is 0 Å². The quantitative estimate of drug-likeness (QED) is 0.285. The van der Waals surface area contributed by atoms with Crippen molar-refractivity contribution >= 4 is 29.0 Å². The van der Waals surface area contributed by atoms with Crippen LogP contribution in [0.15, 0.2) is 53.5 Å². The van der Waals surface area contributed by atoms with Crippen LogP contribution in [-0.2, 0) is 6.42 Å². The number of halogens is 1. The number of aryl methyl sites for hydroxylation is 1. The monoisotopic (exact) mass is 419 g/mol. The van der Waals surface area contributed by atoms with Crippen LogP contribution in [0, 0.1) is 11.2 Å². The van der Waals surface area contributed by atoms with Gasteiger partial charge >= 0.3 is 0 Å². The molecule has 0 spiro atoms. The zero-order valence-corrected chi connectivity index (χ0v) is 17.5. The number of carbonyl (C=O) groups excluding carboxylic acids is 1. The molecule has 1 amide bonds. The van der Waals surface area contributed by atoms with Crippen LogP contribution in [0.2, 0.25) is 0 Å². The van der Waals surface area contributed by atoms with Gasteiger partial charge in [-0.2, -0.15) is 0 Å². The number of nitrogens with one attached hydrogen (secondary N) is 2. The Morgan fingerprint density at radius 3 is 2.71 bits per heavy atom. The van der Waals surface area contributed by atoms with Crippen LogP contribution in [0.1, 0.15) is 42.1 Å². The number of carbonyl (C=O) groups is 1. The molecule has 0 saturated heterocycles. The molecule has 4 N–H and O–H groups in total. The minimum Gasteiger partial charge on any atom is -0.390 e. The molecule has 0 atom stereocenters. The van der Waals surface area contributed by atoms with Crippen LogP contribution in [0.5, 0.6) is 0 Å². The van der Waals surface area contributed by atoms with Crippen molar-refractivity contribution in [1.82, 2.24) is 10.3 Å². The molecule has 160 valence electrons. The van der Waals surface area contributed by atoms with Gasteiger partial charge in [0.2, 0.25) is 0 Å². The topological polar surface area (TPSA) is 104 Å². The van der Waals surface area contributed by atoms with Crippen molar-refractivity contribution in [2.75, 3.05) is 6.54 Å². The number of aromatic nitrogens is 1. The Kier molecular flexibility index (Phi) is 7.43. The number of nitrogens with two attached hydrogens (primary N) is 1. The molecular weight excluding hydrogens is 393 g/mol. The summed E-state index contributed by atoms with van der Waals surface area (Å²) in [5.74, 6) is -0.299. The van der Waals surface area contributed by atoms with E-state index in [-0.39, 0.29) is 17.6 Å². The molecular formula is C24H26FN5O. The van der Waals surface area contributed by atoms with E-state index < -0.39 is 0 Å². The highest BCUT2D eigenvalue weighted by molar-refractivity contribution is 5.98. The maximum atomic E-state index is 13.3. The summed E-state index contributed by atoms with van der Waals surface area (Å²) in [4.78, 5) is 21.0. The minimum atomic E-state index is -0.290. The second-order valence-corrected chi connectivity index (χ2v) is 7.24. The van der Waals surface area contributed by atoms with Crippen LogP contribution in [0.3, 0.4) is 0 Å². The number of nitrogens with zero attached hydrogens (tertiary/aromatic N) is 2. The van der Waals surface area contributed by atoms with Crippen molar-refractivity contribution in [2.24, 2.45) is 10.7 Å². The number of fused-ring (bicyclic) bond motifs is 1. The van der Waals surface area contributed by atoms with Gasteiger partial charge in [-0.15, -0.1) is 0 Å². The highest BCUT2D eigenvalue weighted by Crippen LogP contribution is 2.27. The number of hydrogen-bond donors (Lipinski definition) is 3. The maximum Gasteiger partial charge on any atom is 0.251 e. The molecule has 6 nitrogen and oxygen atoms in total. The van der Waals surface area contributed by atoms with Gasteiger partial charge in [-0.25, -0.2) is 14.4 Å². The minimum absolute atomic E-state index is 0.184. The summed E-state index contributed by atoms with van der Waals surface area (Å²) in [6.07, 6.45) is 4.00. The Morgan fingerprint density at radius 1 is 1.23 bits per heavy atom. The van der Waals surface area contributed by atoms with Gasteiger partial charge < -0.3 is 11.1 Å². The molecule has 1 heterocycles. The van der Waals surface area contributed by atoms with E-state index in [1.807, 2.05) is 12.1 Å². The van der Waals surface area contributed by atoms with E-state index in [0.29, 0.717) is 24.9 Å². The van der Waals surface area contributed by atoms with E-state index in [1.165, 1.54) is 12.1 Å². The lowest BCUT2D eigenvalue weighted by Gasteiger charge is -2.11. The zero-order chi connectivity index (χ0) is 22.2. The first-order valence-corrected chi connectivity index (χ1v) is 10.3. The fourth-order valence-electron chi connectivity index (χ4n) is 3.40. The van der Waals surface area contributed by atoms with Crippen molar-refractivity contribution in [3.8, 4) is 11.3 Å². The number of amides is 1. The third-order valence-electron chi connectivity index (χ3n) is 4.92. The fourth-order valence-corrected chi connectivity index (χ4v) is 3.40. The summed E-state index contributed by atoms with van der Waals surface area (Å²) in [7, 11) is 0. The Morgan fingerprint density at radius 2 is 2.00 bits per heavy atom. The van der Waals surface area contributed by atoms with Gasteiger partial charge in [-0.05, 0) is 60.9 Å². The largest absolute Gasteiger partial charge is 0.390 e. The number of aliphatic imine (C=N–C) groups is 1. The third kappa shape index (κ3) is 5.72. The van der Waals surface area contributed by atoms with Crippen LogP contribution >= 0.6 is 0 Å². The van der Waals surface area contributed by atoms with Gasteiger partial charge in [-0.1, -0.05) is 19.4 Å². The smallest absolute Gasteiger partial charge is 0.251 e. The van der Waals surface area contributed by atoms with Crippen molar-refractivity contribution in [2.45, 2.75) is 32.6 Å². The normalized spacial score (nSPS) is 11.2. The lowest BCUT2D eigenvalue weighted by molar-refractivity contribution is 0.0953. The molecule has 7 heteroatoms. The summed E-state index contributed by atoms with van der Waals surface area (Å²) >= 11 is 0. The molecule has 3 rings (SSSR count). The summed E-state index contributed by atoms with van der Waals surface area (Å²) in [5.41, 5.74) is 9.16. The summed E-state index contributed by atoms with van der Waals surface area (Å²) in [5, 5.41) is 11.4. The molecule has 0 saturated carbocycles. The molecule has 0 fully saturated rings. The Balaban J connectivity index is 1.83. The Hall–Kier alpha value is -3.61. The SMILES string of the molecule is CCCc1cc(-c2ccc(F)cc2)nc2cc(C(=O)NCCCC(=N)N=CN)ccc12.